The van der Waals surface area contributed by atoms with Crippen molar-refractivity contribution < 1.29 is 9.59 Å². The van der Waals surface area contributed by atoms with Crippen LogP contribution < -0.4 is 5.32 Å². The van der Waals surface area contributed by atoms with Crippen molar-refractivity contribution in [1.82, 2.24) is 9.97 Å². The van der Waals surface area contributed by atoms with E-state index in [9.17, 15) is 9.59 Å². The second-order valence-electron chi connectivity index (χ2n) is 7.29. The Morgan fingerprint density at radius 2 is 2.00 bits per heavy atom. The lowest BCUT2D eigenvalue weighted by Crippen LogP contribution is -2.39. The number of anilines is 1. The molecule has 4 rings (SSSR count). The second-order valence-corrected chi connectivity index (χ2v) is 7.29. The van der Waals surface area contributed by atoms with Crippen LogP contribution in [0.3, 0.4) is 0 Å². The lowest BCUT2D eigenvalue weighted by molar-refractivity contribution is -0.119. The van der Waals surface area contributed by atoms with Gasteiger partial charge in [0.15, 0.2) is 5.78 Å². The van der Waals surface area contributed by atoms with Gasteiger partial charge in [0, 0.05) is 47.4 Å². The minimum Gasteiger partial charge on any atom is -0.310 e. The standard InChI is InChI=1S/C22H22N4O2/c1-13-6-3-10-18(24-13)26-22(28)19-14(2)25-16-8-4-9-17(27)21(16)20(19)15-7-5-11-23-12-15/h3,5-7,10-12,19-20H,4,8-9H2,1-2H3,(H,24,26,28)/t19?,20-/m1/s1. The number of nitrogens with zero attached hydrogens (tertiary/aromatic N) is 3. The maximum atomic E-state index is 13.3. The third kappa shape index (κ3) is 3.38. The maximum absolute atomic E-state index is 13.3. The normalized spacial score (nSPS) is 21.8. The average Bonchev–Trinajstić information content (AvgIpc) is 2.67. The van der Waals surface area contributed by atoms with E-state index < -0.39 is 5.92 Å². The molecule has 1 aliphatic heterocycles. The van der Waals surface area contributed by atoms with Crippen molar-refractivity contribution in [2.45, 2.75) is 39.0 Å². The van der Waals surface area contributed by atoms with Crippen LogP contribution >= 0.6 is 0 Å². The Bertz CT molecular complexity index is 995. The van der Waals surface area contributed by atoms with Gasteiger partial charge < -0.3 is 5.32 Å². The van der Waals surface area contributed by atoms with Gasteiger partial charge in [0.25, 0.3) is 0 Å². The second kappa shape index (κ2) is 7.46. The number of amides is 1. The number of allylic oxidation sites excluding steroid dienone is 2. The van der Waals surface area contributed by atoms with Gasteiger partial charge >= 0.3 is 0 Å². The minimum absolute atomic E-state index is 0.0813. The Kier molecular flexibility index (Phi) is 4.86. The fourth-order valence-corrected chi connectivity index (χ4v) is 4.08. The number of carbonyl (C=O) groups excluding carboxylic acids is 2. The SMILES string of the molecule is CC1=NC2=C(C(=O)CCC2)[C@H](c2cccnc2)C1C(=O)Nc1cccc(C)n1. The topological polar surface area (TPSA) is 84.3 Å². The van der Waals surface area contributed by atoms with E-state index in [1.807, 2.05) is 38.1 Å². The number of aryl methyl sites for hydroxylation is 1. The summed E-state index contributed by atoms with van der Waals surface area (Å²) in [6.07, 6.45) is 5.50. The van der Waals surface area contributed by atoms with E-state index >= 15 is 0 Å². The summed E-state index contributed by atoms with van der Waals surface area (Å²) < 4.78 is 0. The molecule has 1 amide bonds. The van der Waals surface area contributed by atoms with Crippen molar-refractivity contribution in [1.29, 1.82) is 0 Å². The highest BCUT2D eigenvalue weighted by atomic mass is 16.2. The number of hydrogen-bond donors (Lipinski definition) is 1. The Morgan fingerprint density at radius 3 is 2.75 bits per heavy atom. The van der Waals surface area contributed by atoms with E-state index in [4.69, 9.17) is 0 Å². The lowest BCUT2D eigenvalue weighted by Gasteiger charge is -2.34. The fourth-order valence-electron chi connectivity index (χ4n) is 4.08. The molecule has 1 unspecified atom stereocenters. The molecule has 2 aromatic heterocycles. The maximum Gasteiger partial charge on any atom is 0.235 e. The predicted octanol–water partition coefficient (Wildman–Crippen LogP) is 3.61. The molecule has 0 radical (unpaired) electrons. The van der Waals surface area contributed by atoms with Crippen LogP contribution in [0.25, 0.3) is 0 Å². The number of ketones is 1. The number of Topliss-reactive ketones (excluding diaryl/α,β-unsaturated/α-hetero) is 1. The van der Waals surface area contributed by atoms with Crippen LogP contribution in [-0.4, -0.2) is 27.4 Å². The van der Waals surface area contributed by atoms with Crippen molar-refractivity contribution >= 4 is 23.2 Å². The zero-order valence-corrected chi connectivity index (χ0v) is 16.0. The van der Waals surface area contributed by atoms with E-state index in [0.717, 1.165) is 29.8 Å². The molecule has 0 saturated carbocycles. The Labute approximate surface area is 163 Å². The van der Waals surface area contributed by atoms with E-state index in [-0.39, 0.29) is 17.6 Å². The summed E-state index contributed by atoms with van der Waals surface area (Å²) in [6, 6.07) is 9.24. The zero-order valence-electron chi connectivity index (χ0n) is 16.0. The summed E-state index contributed by atoms with van der Waals surface area (Å²) in [4.78, 5) is 39.3. The molecule has 1 N–H and O–H groups in total. The first-order chi connectivity index (χ1) is 13.5. The monoisotopic (exact) mass is 374 g/mol. The predicted molar refractivity (Wildman–Crippen MR) is 107 cm³/mol. The molecule has 6 nitrogen and oxygen atoms in total. The summed E-state index contributed by atoms with van der Waals surface area (Å²) in [5, 5.41) is 2.91. The summed E-state index contributed by atoms with van der Waals surface area (Å²) in [5.41, 5.74) is 3.88. The van der Waals surface area contributed by atoms with E-state index in [1.165, 1.54) is 0 Å². The quantitative estimate of drug-likeness (QED) is 0.889. The van der Waals surface area contributed by atoms with Gasteiger partial charge in [-0.2, -0.15) is 0 Å². The summed E-state index contributed by atoms with van der Waals surface area (Å²) in [5.74, 6) is -0.584. The summed E-state index contributed by atoms with van der Waals surface area (Å²) in [7, 11) is 0. The Balaban J connectivity index is 1.76. The van der Waals surface area contributed by atoms with Gasteiger partial charge in [-0.05, 0) is 50.5 Å². The molecule has 0 saturated heterocycles. The molecular weight excluding hydrogens is 352 g/mol. The van der Waals surface area contributed by atoms with Gasteiger partial charge in [0.1, 0.15) is 5.82 Å². The van der Waals surface area contributed by atoms with Gasteiger partial charge in [-0.15, -0.1) is 0 Å². The van der Waals surface area contributed by atoms with Crippen LogP contribution in [0.4, 0.5) is 5.82 Å². The molecule has 1 aliphatic carbocycles. The Hall–Kier alpha value is -3.15. The number of aromatic nitrogens is 2. The number of nitrogens with one attached hydrogen (secondary N) is 1. The first-order valence-electron chi connectivity index (χ1n) is 9.50. The minimum atomic E-state index is -0.577. The van der Waals surface area contributed by atoms with E-state index in [0.29, 0.717) is 23.5 Å². The van der Waals surface area contributed by atoms with Crippen LogP contribution in [0.5, 0.6) is 0 Å². The van der Waals surface area contributed by atoms with Gasteiger partial charge in [-0.1, -0.05) is 12.1 Å². The van der Waals surface area contributed by atoms with Gasteiger partial charge in [0.05, 0.1) is 5.92 Å². The summed E-state index contributed by atoms with van der Waals surface area (Å²) in [6.45, 7) is 3.74. The third-order valence-corrected chi connectivity index (χ3v) is 5.30. The van der Waals surface area contributed by atoms with Crippen molar-refractivity contribution in [3.05, 3.63) is 65.3 Å². The molecule has 2 aromatic rings. The summed E-state index contributed by atoms with van der Waals surface area (Å²) >= 11 is 0. The average molecular weight is 374 g/mol. The fraction of sp³-hybridized carbons (Fsp3) is 0.318. The van der Waals surface area contributed by atoms with Crippen LogP contribution in [0.2, 0.25) is 0 Å². The van der Waals surface area contributed by atoms with Crippen molar-refractivity contribution in [3.8, 4) is 0 Å². The molecule has 2 atom stereocenters. The smallest absolute Gasteiger partial charge is 0.235 e. The van der Waals surface area contributed by atoms with Crippen LogP contribution in [0.1, 0.15) is 43.4 Å². The number of pyridine rings is 2. The number of rotatable bonds is 3. The molecule has 3 heterocycles. The first-order valence-corrected chi connectivity index (χ1v) is 9.50. The highest BCUT2D eigenvalue weighted by Crippen LogP contribution is 2.43. The van der Waals surface area contributed by atoms with Gasteiger partial charge in [0.2, 0.25) is 5.91 Å². The lowest BCUT2D eigenvalue weighted by atomic mass is 9.72. The highest BCUT2D eigenvalue weighted by Gasteiger charge is 2.42. The number of hydrogen-bond acceptors (Lipinski definition) is 5. The van der Waals surface area contributed by atoms with Gasteiger partial charge in [-0.25, -0.2) is 4.98 Å². The first kappa shape index (κ1) is 18.2. The molecule has 6 heteroatoms. The Morgan fingerprint density at radius 1 is 1.14 bits per heavy atom. The molecule has 0 spiro atoms. The largest absolute Gasteiger partial charge is 0.310 e. The van der Waals surface area contributed by atoms with Crippen molar-refractivity contribution in [3.63, 3.8) is 0 Å². The van der Waals surface area contributed by atoms with Crippen LogP contribution in [-0.2, 0) is 9.59 Å². The number of carbonyl (C=O) groups is 2. The van der Waals surface area contributed by atoms with Crippen LogP contribution in [0, 0.1) is 12.8 Å². The molecular formula is C22H22N4O2. The van der Waals surface area contributed by atoms with E-state index in [2.05, 4.69) is 20.3 Å². The number of aliphatic imine (C=N–C) groups is 1. The molecule has 142 valence electrons. The molecule has 0 bridgehead atoms. The molecule has 0 aromatic carbocycles. The van der Waals surface area contributed by atoms with Crippen molar-refractivity contribution in [2.24, 2.45) is 10.9 Å². The van der Waals surface area contributed by atoms with Crippen molar-refractivity contribution in [2.75, 3.05) is 5.32 Å². The third-order valence-electron chi connectivity index (χ3n) is 5.30. The van der Waals surface area contributed by atoms with Crippen LogP contribution in [0.15, 0.2) is 59.0 Å². The molecule has 0 fully saturated rings. The zero-order chi connectivity index (χ0) is 19.7. The highest BCUT2D eigenvalue weighted by molar-refractivity contribution is 6.13. The van der Waals surface area contributed by atoms with E-state index in [1.54, 1.807) is 18.5 Å². The van der Waals surface area contributed by atoms with Gasteiger partial charge in [-0.3, -0.25) is 19.6 Å². The molecule has 28 heavy (non-hydrogen) atoms. The molecule has 2 aliphatic rings.